The van der Waals surface area contributed by atoms with Gasteiger partial charge in [0.1, 0.15) is 0 Å². The van der Waals surface area contributed by atoms with Crippen LogP contribution >= 0.6 is 0 Å². The van der Waals surface area contributed by atoms with Gasteiger partial charge < -0.3 is 18.7 Å². The van der Waals surface area contributed by atoms with Gasteiger partial charge in [-0.05, 0) is 127 Å². The third-order valence-electron chi connectivity index (χ3n) is 14.8. The molecular formula is C64H48N4. The lowest BCUT2D eigenvalue weighted by molar-refractivity contribution is 0.795. The van der Waals surface area contributed by atoms with Crippen molar-refractivity contribution in [1.82, 2.24) is 18.7 Å². The Morgan fingerprint density at radius 1 is 0.485 bits per heavy atom. The van der Waals surface area contributed by atoms with Crippen molar-refractivity contribution in [3.63, 3.8) is 0 Å². The summed E-state index contributed by atoms with van der Waals surface area (Å²) in [6, 6.07) is 60.1. The van der Waals surface area contributed by atoms with Crippen LogP contribution in [0.5, 0.6) is 0 Å². The summed E-state index contributed by atoms with van der Waals surface area (Å²) in [5.41, 5.74) is 22.7. The van der Waals surface area contributed by atoms with Crippen LogP contribution in [0.4, 0.5) is 0 Å². The number of hydrogen-bond donors (Lipinski definition) is 1. The Morgan fingerprint density at radius 3 is 1.97 bits per heavy atom. The highest BCUT2D eigenvalue weighted by atomic mass is 15.0. The Balaban J connectivity index is 0.955. The number of rotatable bonds is 5. The van der Waals surface area contributed by atoms with E-state index in [9.17, 15) is 0 Å². The van der Waals surface area contributed by atoms with Gasteiger partial charge in [0, 0.05) is 60.8 Å². The summed E-state index contributed by atoms with van der Waals surface area (Å²) in [5, 5.41) is 6.31. The monoisotopic (exact) mass is 872 g/mol. The maximum absolute atomic E-state index is 3.90. The molecule has 1 N–H and O–H groups in total. The molecule has 0 saturated carbocycles. The first-order valence-electron chi connectivity index (χ1n) is 24.3. The van der Waals surface area contributed by atoms with Crippen molar-refractivity contribution < 1.29 is 0 Å². The van der Waals surface area contributed by atoms with Gasteiger partial charge >= 0.3 is 0 Å². The Hall–Kier alpha value is -8.34. The second kappa shape index (κ2) is 15.6. The quantitative estimate of drug-likeness (QED) is 0.179. The molecule has 11 aromatic rings. The van der Waals surface area contributed by atoms with E-state index in [0.29, 0.717) is 0 Å². The number of H-pyrrole nitrogens is 1. The number of allylic oxidation sites excluding steroid dienone is 8. The molecule has 4 nitrogen and oxygen atoms in total. The molecule has 4 heterocycles. The largest absolute Gasteiger partial charge is 0.353 e. The number of benzene rings is 7. The van der Waals surface area contributed by atoms with Crippen molar-refractivity contribution in [1.29, 1.82) is 0 Å². The van der Waals surface area contributed by atoms with Crippen molar-refractivity contribution in [2.75, 3.05) is 0 Å². The molecule has 0 unspecified atom stereocenters. The van der Waals surface area contributed by atoms with E-state index >= 15 is 0 Å². The first kappa shape index (κ1) is 38.9. The van der Waals surface area contributed by atoms with Crippen molar-refractivity contribution in [3.05, 3.63) is 223 Å². The van der Waals surface area contributed by atoms with Crippen LogP contribution in [-0.4, -0.2) is 18.7 Å². The van der Waals surface area contributed by atoms with Crippen molar-refractivity contribution in [2.45, 2.75) is 38.5 Å². The Labute approximate surface area is 395 Å². The Kier molecular flexibility index (Phi) is 8.94. The van der Waals surface area contributed by atoms with Crippen LogP contribution < -0.4 is 0 Å². The molecule has 4 aromatic heterocycles. The van der Waals surface area contributed by atoms with Gasteiger partial charge in [0.05, 0.1) is 33.5 Å². The van der Waals surface area contributed by atoms with Gasteiger partial charge in [-0.25, -0.2) is 0 Å². The second-order valence-corrected chi connectivity index (χ2v) is 18.6. The SMILES string of the molecule is C1=Cc2c3c(n(/C4=C/C=C\C(n5c6ccccc6c6c5ccc5c7ccccc7n(-c7cc(-c8ccccc8)cc(-c8ccccc8)c7)c56)=C/CC4)c2CCC1)-c1[nH]c2ccccc2c1C=CC3. The molecule has 7 aromatic carbocycles. The molecule has 3 aliphatic rings. The van der Waals surface area contributed by atoms with E-state index < -0.39 is 0 Å². The summed E-state index contributed by atoms with van der Waals surface area (Å²) in [5.74, 6) is 0. The van der Waals surface area contributed by atoms with Gasteiger partial charge in [-0.15, -0.1) is 0 Å². The highest BCUT2D eigenvalue weighted by molar-refractivity contribution is 6.26. The Morgan fingerprint density at radius 2 is 1.18 bits per heavy atom. The smallest absolute Gasteiger partial charge is 0.0740 e. The van der Waals surface area contributed by atoms with E-state index in [4.69, 9.17) is 0 Å². The molecule has 0 amide bonds. The molecular weight excluding hydrogens is 825 g/mol. The summed E-state index contributed by atoms with van der Waals surface area (Å²) >= 11 is 0. The highest BCUT2D eigenvalue weighted by Gasteiger charge is 2.29. The molecule has 0 spiro atoms. The van der Waals surface area contributed by atoms with E-state index in [1.54, 1.807) is 0 Å². The lowest BCUT2D eigenvalue weighted by Crippen LogP contribution is -2.07. The van der Waals surface area contributed by atoms with Crippen LogP contribution in [0, 0.1) is 0 Å². The van der Waals surface area contributed by atoms with Gasteiger partial charge in [0.15, 0.2) is 0 Å². The zero-order chi connectivity index (χ0) is 44.7. The maximum Gasteiger partial charge on any atom is 0.0740 e. The highest BCUT2D eigenvalue weighted by Crippen LogP contribution is 2.46. The van der Waals surface area contributed by atoms with Crippen LogP contribution in [0.1, 0.15) is 48.1 Å². The number of aromatic amines is 1. The number of aromatic nitrogens is 4. The molecule has 0 saturated heterocycles. The lowest BCUT2D eigenvalue weighted by Gasteiger charge is -2.19. The summed E-state index contributed by atoms with van der Waals surface area (Å²) in [7, 11) is 0. The maximum atomic E-state index is 3.90. The fraction of sp³-hybridized carbons (Fsp3) is 0.0938. The first-order chi connectivity index (χ1) is 33.8. The predicted octanol–water partition coefficient (Wildman–Crippen LogP) is 16.8. The first-order valence-corrected chi connectivity index (χ1v) is 24.3. The molecule has 0 aliphatic heterocycles. The number of para-hydroxylation sites is 3. The normalized spacial score (nSPS) is 16.7. The van der Waals surface area contributed by atoms with Crippen LogP contribution in [-0.2, 0) is 12.8 Å². The third kappa shape index (κ3) is 6.00. The van der Waals surface area contributed by atoms with Crippen LogP contribution in [0.25, 0.3) is 117 Å². The predicted molar refractivity (Wildman–Crippen MR) is 288 cm³/mol. The second-order valence-electron chi connectivity index (χ2n) is 18.6. The molecule has 14 rings (SSSR count). The standard InChI is InChI=1S/C64H48N4/c1-4-19-42(20-5-1)44-39-45(43-21-6-2-7-22-43)41-48(40-44)68-58-35-14-11-29-51(58)54-37-38-60-61(63(54)68)55-30-12-15-36-59(55)66(60)46-23-16-25-47(26-17-24-46)67-57-34-9-3-8-28-50(57)53-32-18-31-52-49-27-10-13-33-56(49)65-62(52)64(53)67/h1-2,4-8,10-16,18-25,27-31,33,35-41,65H,3,9,17,26,32,34H2/b23-16-,46-24+,47-25+. The van der Waals surface area contributed by atoms with E-state index in [2.05, 4.69) is 231 Å². The van der Waals surface area contributed by atoms with Crippen molar-refractivity contribution in [2.24, 2.45) is 0 Å². The van der Waals surface area contributed by atoms with Crippen molar-refractivity contribution >= 4 is 78.1 Å². The van der Waals surface area contributed by atoms with Crippen molar-refractivity contribution in [3.8, 4) is 39.3 Å². The number of nitrogens with zero attached hydrogens (tertiary/aromatic N) is 3. The summed E-state index contributed by atoms with van der Waals surface area (Å²) < 4.78 is 7.70. The number of nitrogens with one attached hydrogen (secondary N) is 1. The minimum Gasteiger partial charge on any atom is -0.353 e. The van der Waals surface area contributed by atoms with Crippen LogP contribution in [0.15, 0.2) is 200 Å². The molecule has 68 heavy (non-hydrogen) atoms. The van der Waals surface area contributed by atoms with Crippen LogP contribution in [0.2, 0.25) is 0 Å². The minimum absolute atomic E-state index is 0.909. The number of hydrogen-bond acceptors (Lipinski definition) is 0. The summed E-state index contributed by atoms with van der Waals surface area (Å²) in [6.45, 7) is 0. The molecule has 4 heteroatoms. The lowest BCUT2D eigenvalue weighted by atomic mass is 9.98. The van der Waals surface area contributed by atoms with Crippen LogP contribution in [0.3, 0.4) is 0 Å². The van der Waals surface area contributed by atoms with Gasteiger partial charge in [0.25, 0.3) is 0 Å². The van der Waals surface area contributed by atoms with Gasteiger partial charge in [0.2, 0.25) is 0 Å². The van der Waals surface area contributed by atoms with E-state index in [-0.39, 0.29) is 0 Å². The molecule has 0 radical (unpaired) electrons. The zero-order valence-corrected chi connectivity index (χ0v) is 37.8. The fourth-order valence-electron chi connectivity index (χ4n) is 11.8. The molecule has 3 aliphatic carbocycles. The average molecular weight is 873 g/mol. The number of fused-ring (bicyclic) bond motifs is 14. The summed E-state index contributed by atoms with van der Waals surface area (Å²) in [6.07, 6.45) is 25.1. The topological polar surface area (TPSA) is 30.6 Å². The Bertz CT molecular complexity index is 3940. The average Bonchev–Trinajstić information content (AvgIpc) is 4.01. The van der Waals surface area contributed by atoms with E-state index in [0.717, 1.165) is 44.2 Å². The van der Waals surface area contributed by atoms with Gasteiger partial charge in [-0.1, -0.05) is 158 Å². The molecule has 0 bridgehead atoms. The third-order valence-corrected chi connectivity index (χ3v) is 14.8. The molecule has 0 fully saturated rings. The van der Waals surface area contributed by atoms with Gasteiger partial charge in [-0.2, -0.15) is 0 Å². The summed E-state index contributed by atoms with van der Waals surface area (Å²) in [4.78, 5) is 3.90. The molecule has 0 atom stereocenters. The van der Waals surface area contributed by atoms with Gasteiger partial charge in [-0.3, -0.25) is 0 Å². The fourth-order valence-corrected chi connectivity index (χ4v) is 11.8. The zero-order valence-electron chi connectivity index (χ0n) is 37.8. The molecule has 324 valence electrons. The van der Waals surface area contributed by atoms with E-state index in [1.807, 2.05) is 0 Å². The minimum atomic E-state index is 0.909. The van der Waals surface area contributed by atoms with E-state index in [1.165, 1.54) is 122 Å².